The Balaban J connectivity index is 0.00000256. The number of rotatable bonds is 2. The fourth-order valence-electron chi connectivity index (χ4n) is 1.12. The Morgan fingerprint density at radius 2 is 1.94 bits per heavy atom. The number of hydrogen-bond donors (Lipinski definition) is 3. The van der Waals surface area contributed by atoms with Crippen molar-refractivity contribution in [1.82, 2.24) is 4.98 Å². The topological polar surface area (TPSA) is 115 Å². The second-order valence-electron chi connectivity index (χ2n) is 4.27. The summed E-state index contributed by atoms with van der Waals surface area (Å²) in [6.07, 6.45) is 0. The largest absolute Gasteiger partial charge is 0.477 e. The maximum atomic E-state index is 11.0. The van der Waals surface area contributed by atoms with E-state index in [-0.39, 0.29) is 38.4 Å². The van der Waals surface area contributed by atoms with Crippen molar-refractivity contribution < 1.29 is 9.90 Å². The van der Waals surface area contributed by atoms with E-state index in [1.165, 1.54) is 0 Å². The number of guanidine groups is 1. The van der Waals surface area contributed by atoms with Crippen LogP contribution < -0.4 is 11.5 Å². The maximum Gasteiger partial charge on any atom is 0.347 e. The third-order valence-corrected chi connectivity index (χ3v) is 2.68. The minimum absolute atomic E-state index is 0. The van der Waals surface area contributed by atoms with Crippen molar-refractivity contribution in [3.8, 4) is 0 Å². The molecule has 1 aromatic rings. The van der Waals surface area contributed by atoms with Gasteiger partial charge in [0.25, 0.3) is 0 Å². The van der Waals surface area contributed by atoms with Crippen LogP contribution in [0.1, 0.15) is 36.1 Å². The molecule has 0 saturated carbocycles. The van der Waals surface area contributed by atoms with Gasteiger partial charge in [0.2, 0.25) is 5.13 Å². The smallest absolute Gasteiger partial charge is 0.347 e. The second kappa shape index (κ2) is 5.46. The van der Waals surface area contributed by atoms with E-state index in [0.717, 1.165) is 11.3 Å². The monoisotopic (exact) mass is 322 g/mol. The van der Waals surface area contributed by atoms with Gasteiger partial charge in [-0.3, -0.25) is 0 Å². The number of carboxylic acid groups (broad SMARTS) is 1. The second-order valence-corrected chi connectivity index (χ2v) is 5.24. The molecule has 0 aliphatic heterocycles. The van der Waals surface area contributed by atoms with Gasteiger partial charge in [0.1, 0.15) is 4.88 Å². The Labute approximate surface area is 114 Å². The summed E-state index contributed by atoms with van der Waals surface area (Å²) in [6, 6.07) is 0. The third-order valence-electron chi connectivity index (χ3n) is 1.75. The molecule has 0 fully saturated rings. The van der Waals surface area contributed by atoms with Crippen molar-refractivity contribution in [3.63, 3.8) is 0 Å². The molecule has 1 heterocycles. The van der Waals surface area contributed by atoms with Gasteiger partial charge in [0.15, 0.2) is 5.96 Å². The lowest BCUT2D eigenvalue weighted by atomic mass is 9.91. The Morgan fingerprint density at radius 1 is 1.41 bits per heavy atom. The number of aromatic carboxylic acids is 1. The van der Waals surface area contributed by atoms with Crippen molar-refractivity contribution in [2.24, 2.45) is 16.5 Å². The van der Waals surface area contributed by atoms with Gasteiger partial charge < -0.3 is 16.6 Å². The van der Waals surface area contributed by atoms with E-state index in [4.69, 9.17) is 16.6 Å². The SMILES string of the molecule is Br.CC(C)(C)c1nc(N=C(N)N)sc1C(=O)O. The highest BCUT2D eigenvalue weighted by molar-refractivity contribution is 8.93. The number of halogens is 1. The first-order valence-corrected chi connectivity index (χ1v) is 5.37. The molecule has 0 unspecified atom stereocenters. The third kappa shape index (κ3) is 3.97. The van der Waals surface area contributed by atoms with Crippen LogP contribution in [0.15, 0.2) is 4.99 Å². The van der Waals surface area contributed by atoms with E-state index >= 15 is 0 Å². The number of nitrogens with two attached hydrogens (primary N) is 2. The van der Waals surface area contributed by atoms with E-state index < -0.39 is 5.97 Å². The van der Waals surface area contributed by atoms with Crippen molar-refractivity contribution in [1.29, 1.82) is 0 Å². The summed E-state index contributed by atoms with van der Waals surface area (Å²) in [4.78, 5) is 19.1. The van der Waals surface area contributed by atoms with E-state index in [2.05, 4.69) is 9.98 Å². The maximum absolute atomic E-state index is 11.0. The van der Waals surface area contributed by atoms with Gasteiger partial charge in [-0.15, -0.1) is 17.0 Å². The summed E-state index contributed by atoms with van der Waals surface area (Å²) in [7, 11) is 0. The molecule has 0 radical (unpaired) electrons. The van der Waals surface area contributed by atoms with Crippen molar-refractivity contribution in [3.05, 3.63) is 10.6 Å². The highest BCUT2D eigenvalue weighted by Gasteiger charge is 2.26. The minimum atomic E-state index is -1.01. The first-order valence-electron chi connectivity index (χ1n) is 4.56. The molecule has 0 aliphatic rings. The fraction of sp³-hybridized carbons (Fsp3) is 0.444. The number of thiazole rings is 1. The molecule has 1 rings (SSSR count). The predicted octanol–water partition coefficient (Wildman–Crippen LogP) is 1.62. The molecule has 0 aliphatic carbocycles. The molecule has 0 bridgehead atoms. The number of carbonyl (C=O) groups is 1. The highest BCUT2D eigenvalue weighted by atomic mass is 79.9. The lowest BCUT2D eigenvalue weighted by molar-refractivity contribution is 0.0699. The molecule has 0 amide bonds. The average molecular weight is 323 g/mol. The summed E-state index contributed by atoms with van der Waals surface area (Å²) in [5.41, 5.74) is 10.6. The number of aliphatic imine (C=N–C) groups is 1. The van der Waals surface area contributed by atoms with Crippen molar-refractivity contribution in [2.75, 3.05) is 0 Å². The standard InChI is InChI=1S/C9H14N4O2S.BrH/c1-9(2,3)5-4(6(14)15)16-8(12-5)13-7(10)11;/h1-3H3,(H,14,15)(H4,10,11,12,13);1H. The number of aromatic nitrogens is 1. The molecule has 0 aromatic carbocycles. The zero-order chi connectivity index (χ0) is 12.5. The first kappa shape index (κ1) is 15.9. The van der Waals surface area contributed by atoms with Gasteiger partial charge in [-0.2, -0.15) is 4.99 Å². The van der Waals surface area contributed by atoms with Gasteiger partial charge >= 0.3 is 5.97 Å². The lowest BCUT2D eigenvalue weighted by Crippen LogP contribution is -2.21. The molecule has 96 valence electrons. The Kier molecular flexibility index (Phi) is 5.09. The number of hydrogen-bond acceptors (Lipinski definition) is 4. The minimum Gasteiger partial charge on any atom is -0.477 e. The van der Waals surface area contributed by atoms with Gasteiger partial charge in [-0.05, 0) is 0 Å². The Bertz CT molecular complexity index is 446. The number of carboxylic acids is 1. The number of nitrogens with zero attached hydrogens (tertiary/aromatic N) is 2. The van der Waals surface area contributed by atoms with E-state index in [0.29, 0.717) is 5.69 Å². The van der Waals surface area contributed by atoms with Crippen LogP contribution in [0, 0.1) is 0 Å². The Hall–Kier alpha value is -1.15. The predicted molar refractivity (Wildman–Crippen MR) is 73.6 cm³/mol. The van der Waals surface area contributed by atoms with Crippen LogP contribution in [0.5, 0.6) is 0 Å². The van der Waals surface area contributed by atoms with Gasteiger partial charge in [0, 0.05) is 5.41 Å². The van der Waals surface area contributed by atoms with Crippen LogP contribution in [0.3, 0.4) is 0 Å². The van der Waals surface area contributed by atoms with Gasteiger partial charge in [0.05, 0.1) is 5.69 Å². The zero-order valence-corrected chi connectivity index (χ0v) is 12.3. The van der Waals surface area contributed by atoms with E-state index in [1.807, 2.05) is 20.8 Å². The van der Waals surface area contributed by atoms with E-state index in [9.17, 15) is 4.79 Å². The van der Waals surface area contributed by atoms with Crippen LogP contribution >= 0.6 is 28.3 Å². The van der Waals surface area contributed by atoms with Crippen LogP contribution in [0.2, 0.25) is 0 Å². The van der Waals surface area contributed by atoms with Crippen LogP contribution in [0.25, 0.3) is 0 Å². The quantitative estimate of drug-likeness (QED) is 0.565. The van der Waals surface area contributed by atoms with Gasteiger partial charge in [-0.1, -0.05) is 32.1 Å². The first-order chi connectivity index (χ1) is 7.21. The van der Waals surface area contributed by atoms with Crippen LogP contribution in [-0.2, 0) is 5.41 Å². The molecule has 8 heteroatoms. The summed E-state index contributed by atoms with van der Waals surface area (Å²) in [6.45, 7) is 5.65. The molecule has 1 aromatic heterocycles. The highest BCUT2D eigenvalue weighted by Crippen LogP contribution is 2.33. The molecule has 0 atom stereocenters. The van der Waals surface area contributed by atoms with Crippen LogP contribution in [-0.4, -0.2) is 22.0 Å². The Morgan fingerprint density at radius 3 is 2.24 bits per heavy atom. The molecule has 17 heavy (non-hydrogen) atoms. The molecule has 6 nitrogen and oxygen atoms in total. The molecular formula is C9H15BrN4O2S. The zero-order valence-electron chi connectivity index (χ0n) is 9.72. The summed E-state index contributed by atoms with van der Waals surface area (Å²) in [5, 5.41) is 9.30. The van der Waals surface area contributed by atoms with Gasteiger partial charge in [-0.25, -0.2) is 9.78 Å². The van der Waals surface area contributed by atoms with Crippen LogP contribution in [0.4, 0.5) is 5.13 Å². The van der Waals surface area contributed by atoms with Crippen molar-refractivity contribution in [2.45, 2.75) is 26.2 Å². The van der Waals surface area contributed by atoms with E-state index in [1.54, 1.807) is 0 Å². The normalized spacial score (nSPS) is 10.5. The average Bonchev–Trinajstić information content (AvgIpc) is 2.45. The summed E-state index contributed by atoms with van der Waals surface area (Å²) >= 11 is 0.965. The molecular weight excluding hydrogens is 308 g/mol. The summed E-state index contributed by atoms with van der Waals surface area (Å²) < 4.78 is 0. The molecule has 0 saturated heterocycles. The molecule has 5 N–H and O–H groups in total. The fourth-order valence-corrected chi connectivity index (χ4v) is 2.13. The molecule has 0 spiro atoms. The summed E-state index contributed by atoms with van der Waals surface area (Å²) in [5.74, 6) is -1.15. The lowest BCUT2D eigenvalue weighted by Gasteiger charge is -2.15. The van der Waals surface area contributed by atoms with Crippen molar-refractivity contribution >= 4 is 45.4 Å².